The van der Waals surface area contributed by atoms with Crippen molar-refractivity contribution in [2.75, 3.05) is 55.6 Å². The van der Waals surface area contributed by atoms with Crippen LogP contribution in [0.5, 0.6) is 0 Å². The van der Waals surface area contributed by atoms with E-state index in [9.17, 15) is 13.6 Å². The lowest BCUT2D eigenvalue weighted by atomic mass is 9.83. The first kappa shape index (κ1) is 27.4. The van der Waals surface area contributed by atoms with E-state index < -0.39 is 12.0 Å². The van der Waals surface area contributed by atoms with E-state index in [0.717, 1.165) is 61.4 Å². The molecule has 3 atom stereocenters. The van der Waals surface area contributed by atoms with Crippen molar-refractivity contribution in [3.05, 3.63) is 59.1 Å². The SMILES string of the molecule is C=CC(=O)N1CCN(C2CN3c4cc(N5CCC6(CC5)OC(C)c5nncc(C)c56)nc(C(F)F)c4C=CCC23)CC1. The van der Waals surface area contributed by atoms with Gasteiger partial charge in [0.05, 0.1) is 23.2 Å². The van der Waals surface area contributed by atoms with E-state index in [1.807, 2.05) is 30.0 Å². The molecule has 1 amide bonds. The Morgan fingerprint density at radius 3 is 2.64 bits per heavy atom. The summed E-state index contributed by atoms with van der Waals surface area (Å²) in [6.45, 7) is 12.7. The monoisotopic (exact) mass is 577 g/mol. The molecule has 3 saturated heterocycles. The minimum Gasteiger partial charge on any atom is -0.364 e. The second kappa shape index (κ2) is 10.4. The molecule has 0 bridgehead atoms. The number of piperazine rings is 1. The Bertz CT molecular complexity index is 1430. The number of carbonyl (C=O) groups excluding carboxylic acids is 1. The van der Waals surface area contributed by atoms with E-state index in [2.05, 4.69) is 43.4 Å². The maximum atomic E-state index is 14.5. The van der Waals surface area contributed by atoms with E-state index in [0.29, 0.717) is 43.6 Å². The van der Waals surface area contributed by atoms with Gasteiger partial charge in [-0.15, -0.1) is 0 Å². The van der Waals surface area contributed by atoms with E-state index in [4.69, 9.17) is 4.74 Å². The number of hydrogen-bond donors (Lipinski definition) is 0. The minimum absolute atomic E-state index is 0.0265. The molecule has 0 radical (unpaired) electrons. The number of ether oxygens (including phenoxy) is 1. The van der Waals surface area contributed by atoms with Crippen LogP contribution < -0.4 is 9.80 Å². The van der Waals surface area contributed by atoms with Gasteiger partial charge in [0.2, 0.25) is 5.91 Å². The first-order valence-corrected chi connectivity index (χ1v) is 15.0. The maximum absolute atomic E-state index is 14.5. The van der Waals surface area contributed by atoms with Crippen molar-refractivity contribution in [1.29, 1.82) is 0 Å². The zero-order valence-corrected chi connectivity index (χ0v) is 24.2. The fourth-order valence-corrected chi connectivity index (χ4v) is 7.75. The van der Waals surface area contributed by atoms with Crippen LogP contribution in [0.3, 0.4) is 0 Å². The summed E-state index contributed by atoms with van der Waals surface area (Å²) >= 11 is 0. The smallest absolute Gasteiger partial charge is 0.281 e. The van der Waals surface area contributed by atoms with E-state index in [1.165, 1.54) is 6.08 Å². The first-order chi connectivity index (χ1) is 20.3. The van der Waals surface area contributed by atoms with Crippen LogP contribution in [0.15, 0.2) is 31.0 Å². The van der Waals surface area contributed by atoms with Crippen molar-refractivity contribution in [3.63, 3.8) is 0 Å². The van der Waals surface area contributed by atoms with Gasteiger partial charge in [-0.25, -0.2) is 13.8 Å². The Balaban J connectivity index is 1.12. The summed E-state index contributed by atoms with van der Waals surface area (Å²) < 4.78 is 35.4. The Kier molecular flexibility index (Phi) is 6.77. The zero-order chi connectivity index (χ0) is 29.2. The molecular weight excluding hydrogens is 540 g/mol. The second-order valence-electron chi connectivity index (χ2n) is 12.1. The number of aromatic nitrogens is 3. The molecule has 5 aliphatic rings. The molecular formula is C31H37F2N7O2. The van der Waals surface area contributed by atoms with Gasteiger partial charge in [-0.2, -0.15) is 10.2 Å². The van der Waals surface area contributed by atoms with Crippen molar-refractivity contribution >= 4 is 23.5 Å². The van der Waals surface area contributed by atoms with Gasteiger partial charge >= 0.3 is 0 Å². The number of anilines is 2. The highest BCUT2D eigenvalue weighted by Gasteiger charge is 2.48. The standard InChI is InChI=1S/C31H37F2N7O2/c1-4-26(41)39-14-12-37(13-15-39)24-18-40-22(24)7-5-6-21-23(40)16-25(35-29(21)30(32)33)38-10-8-31(9-11-38)27-19(2)17-34-36-28(27)20(3)42-31/h4-6,16-17,20,22,24,30H,1,7-15,18H2,2-3H3. The predicted octanol–water partition coefficient (Wildman–Crippen LogP) is 4.01. The van der Waals surface area contributed by atoms with E-state index in [-0.39, 0.29) is 23.7 Å². The highest BCUT2D eigenvalue weighted by atomic mass is 19.3. The molecule has 0 aromatic carbocycles. The van der Waals surface area contributed by atoms with Gasteiger partial charge < -0.3 is 19.4 Å². The van der Waals surface area contributed by atoms with Crippen LogP contribution in [0.4, 0.5) is 20.3 Å². The van der Waals surface area contributed by atoms with Gasteiger partial charge in [0.15, 0.2) is 0 Å². The molecule has 7 rings (SSSR count). The number of hydrogen-bond acceptors (Lipinski definition) is 8. The molecule has 0 aliphatic carbocycles. The molecule has 2 aromatic heterocycles. The quantitative estimate of drug-likeness (QED) is 0.505. The van der Waals surface area contributed by atoms with Crippen LogP contribution in [-0.2, 0) is 15.1 Å². The number of alkyl halides is 2. The molecule has 42 heavy (non-hydrogen) atoms. The molecule has 9 nitrogen and oxygen atoms in total. The van der Waals surface area contributed by atoms with Gasteiger partial charge in [0.25, 0.3) is 6.43 Å². The fourth-order valence-electron chi connectivity index (χ4n) is 7.75. The van der Waals surface area contributed by atoms with Crippen LogP contribution in [0, 0.1) is 6.92 Å². The number of piperidine rings is 1. The number of fused-ring (bicyclic) bond motifs is 5. The molecule has 0 saturated carbocycles. The lowest BCUT2D eigenvalue weighted by molar-refractivity contribution is -0.128. The molecule has 5 aliphatic heterocycles. The number of pyridine rings is 1. The Labute approximate surface area is 244 Å². The van der Waals surface area contributed by atoms with E-state index in [1.54, 1.807) is 6.20 Å². The summed E-state index contributed by atoms with van der Waals surface area (Å²) in [6, 6.07) is 2.53. The van der Waals surface area contributed by atoms with Gasteiger partial charge in [-0.3, -0.25) is 9.69 Å². The number of rotatable bonds is 4. The summed E-state index contributed by atoms with van der Waals surface area (Å²) in [5.74, 6) is 0.574. The number of carbonyl (C=O) groups is 1. The average molecular weight is 578 g/mol. The summed E-state index contributed by atoms with van der Waals surface area (Å²) in [7, 11) is 0. The van der Waals surface area contributed by atoms with Crippen LogP contribution in [-0.4, -0.2) is 88.8 Å². The second-order valence-corrected chi connectivity index (χ2v) is 12.1. The maximum Gasteiger partial charge on any atom is 0.281 e. The molecule has 11 heteroatoms. The summed E-state index contributed by atoms with van der Waals surface area (Å²) in [6.07, 6.45) is 6.48. The normalized spacial score (nSPS) is 26.5. The van der Waals surface area contributed by atoms with Crippen molar-refractivity contribution in [3.8, 4) is 0 Å². The molecule has 2 aromatic rings. The first-order valence-electron chi connectivity index (χ1n) is 15.0. The molecule has 3 unspecified atom stereocenters. The highest BCUT2D eigenvalue weighted by Crippen LogP contribution is 2.50. The largest absolute Gasteiger partial charge is 0.364 e. The summed E-state index contributed by atoms with van der Waals surface area (Å²) in [4.78, 5) is 25.3. The highest BCUT2D eigenvalue weighted by molar-refractivity contribution is 5.87. The topological polar surface area (TPSA) is 77.9 Å². The van der Waals surface area contributed by atoms with Crippen LogP contribution in [0.1, 0.15) is 66.8 Å². The zero-order valence-electron chi connectivity index (χ0n) is 24.2. The van der Waals surface area contributed by atoms with Gasteiger partial charge in [-0.1, -0.05) is 18.7 Å². The van der Waals surface area contributed by atoms with Gasteiger partial charge in [0.1, 0.15) is 17.6 Å². The van der Waals surface area contributed by atoms with Gasteiger partial charge in [-0.05, 0) is 44.7 Å². The fraction of sp³-hybridized carbons (Fsp3) is 0.548. The number of aryl methyl sites for hydroxylation is 1. The molecule has 1 spiro atoms. The Morgan fingerprint density at radius 1 is 1.17 bits per heavy atom. The minimum atomic E-state index is -2.67. The van der Waals surface area contributed by atoms with Crippen molar-refractivity contribution in [1.82, 2.24) is 25.0 Å². The number of nitrogens with zero attached hydrogens (tertiary/aromatic N) is 7. The Morgan fingerprint density at radius 2 is 1.93 bits per heavy atom. The molecule has 222 valence electrons. The lowest BCUT2D eigenvalue weighted by Crippen LogP contribution is -2.69. The number of halogens is 2. The number of amides is 1. The van der Waals surface area contributed by atoms with Crippen molar-refractivity contribution in [2.24, 2.45) is 0 Å². The molecule has 3 fully saturated rings. The third-order valence-electron chi connectivity index (χ3n) is 9.93. The van der Waals surface area contributed by atoms with E-state index >= 15 is 0 Å². The van der Waals surface area contributed by atoms with Crippen molar-refractivity contribution in [2.45, 2.75) is 63.3 Å². The predicted molar refractivity (Wildman–Crippen MR) is 156 cm³/mol. The third kappa shape index (κ3) is 4.31. The van der Waals surface area contributed by atoms with Crippen LogP contribution >= 0.6 is 0 Å². The lowest BCUT2D eigenvalue weighted by Gasteiger charge is -2.55. The van der Waals surface area contributed by atoms with Crippen LogP contribution in [0.2, 0.25) is 0 Å². The summed E-state index contributed by atoms with van der Waals surface area (Å²) in [5, 5.41) is 8.51. The van der Waals surface area contributed by atoms with Crippen molar-refractivity contribution < 1.29 is 18.3 Å². The van der Waals surface area contributed by atoms with Crippen LogP contribution in [0.25, 0.3) is 6.08 Å². The molecule has 7 heterocycles. The van der Waals surface area contributed by atoms with Gasteiger partial charge in [0, 0.05) is 75.1 Å². The Hall–Kier alpha value is -3.44. The molecule has 0 N–H and O–H groups in total. The third-order valence-corrected chi connectivity index (χ3v) is 9.93. The average Bonchev–Trinajstić information content (AvgIpc) is 3.17. The summed E-state index contributed by atoms with van der Waals surface area (Å²) in [5.41, 5.74) is 3.92.